The molecule has 0 N–H and O–H groups in total. The predicted molar refractivity (Wildman–Crippen MR) is 252 cm³/mol. The van der Waals surface area contributed by atoms with Gasteiger partial charge in [0.1, 0.15) is 0 Å². The van der Waals surface area contributed by atoms with Crippen LogP contribution < -0.4 is 4.90 Å². The van der Waals surface area contributed by atoms with E-state index < -0.39 is 5.41 Å². The smallest absolute Gasteiger partial charge is 0.0714 e. The number of hydrogen-bond donors (Lipinski definition) is 0. The van der Waals surface area contributed by atoms with Crippen LogP contribution in [0.25, 0.3) is 55.3 Å². The van der Waals surface area contributed by atoms with Gasteiger partial charge in [-0.25, -0.2) is 0 Å². The Morgan fingerprint density at radius 2 is 0.750 bits per heavy atom. The lowest BCUT2D eigenvalue weighted by Crippen LogP contribution is -2.28. The molecule has 0 heterocycles. The zero-order valence-electron chi connectivity index (χ0n) is 33.1. The third-order valence-corrected chi connectivity index (χ3v) is 12.4. The van der Waals surface area contributed by atoms with Crippen LogP contribution in [0.5, 0.6) is 0 Å². The van der Waals surface area contributed by atoms with Crippen LogP contribution in [0, 0.1) is 0 Å². The first-order chi connectivity index (χ1) is 29.8. The maximum atomic E-state index is 2.45. The number of fused-ring (bicyclic) bond motifs is 4. The lowest BCUT2D eigenvalue weighted by molar-refractivity contribution is 0.768. The summed E-state index contributed by atoms with van der Waals surface area (Å²) in [6.45, 7) is 0. The molecule has 0 unspecified atom stereocenters. The molecule has 10 aromatic rings. The summed E-state index contributed by atoms with van der Waals surface area (Å²) >= 11 is 0. The van der Waals surface area contributed by atoms with Gasteiger partial charge in [-0.15, -0.1) is 0 Å². The second-order valence-corrected chi connectivity index (χ2v) is 15.6. The molecule has 1 heteroatoms. The van der Waals surface area contributed by atoms with E-state index in [4.69, 9.17) is 0 Å². The van der Waals surface area contributed by atoms with Crippen molar-refractivity contribution >= 4 is 27.8 Å². The van der Waals surface area contributed by atoms with Crippen molar-refractivity contribution in [2.45, 2.75) is 5.41 Å². The molecule has 282 valence electrons. The number of nitrogens with zero attached hydrogens (tertiary/aromatic N) is 1. The molecule has 11 rings (SSSR count). The number of rotatable bonds is 8. The van der Waals surface area contributed by atoms with Gasteiger partial charge in [0.15, 0.2) is 0 Å². The number of benzene rings is 10. The van der Waals surface area contributed by atoms with Gasteiger partial charge in [0.2, 0.25) is 0 Å². The summed E-state index contributed by atoms with van der Waals surface area (Å²) in [5.41, 5.74) is 17.7. The van der Waals surface area contributed by atoms with E-state index in [1.807, 2.05) is 0 Å². The van der Waals surface area contributed by atoms with E-state index in [9.17, 15) is 0 Å². The largest absolute Gasteiger partial charge is 0.310 e. The SMILES string of the molecule is c1ccc(-c2ccc(N(c3ccc(-c4ccccc4-c4ccc5ccccc5c4)cc3)c3cccc4c3-c3ccccc3C4(c3ccccc3)c3ccccc3)cc2)cc1. The minimum absolute atomic E-state index is 0.496. The van der Waals surface area contributed by atoms with Crippen molar-refractivity contribution in [2.24, 2.45) is 0 Å². The monoisotopic (exact) mass is 763 g/mol. The summed E-state index contributed by atoms with van der Waals surface area (Å²) in [5.74, 6) is 0. The van der Waals surface area contributed by atoms with Crippen molar-refractivity contribution in [3.05, 3.63) is 271 Å². The van der Waals surface area contributed by atoms with Crippen molar-refractivity contribution in [2.75, 3.05) is 4.90 Å². The van der Waals surface area contributed by atoms with E-state index in [1.54, 1.807) is 0 Å². The highest BCUT2D eigenvalue weighted by Gasteiger charge is 2.47. The molecular weight excluding hydrogens is 723 g/mol. The molecule has 0 saturated heterocycles. The fraction of sp³-hybridized carbons (Fsp3) is 0.0169. The van der Waals surface area contributed by atoms with Crippen molar-refractivity contribution in [3.63, 3.8) is 0 Å². The van der Waals surface area contributed by atoms with Crippen LogP contribution in [0.3, 0.4) is 0 Å². The second kappa shape index (κ2) is 14.9. The van der Waals surface area contributed by atoms with Crippen LogP contribution in [-0.2, 0) is 5.41 Å². The Bertz CT molecular complexity index is 3070. The normalized spacial score (nSPS) is 12.5. The predicted octanol–water partition coefficient (Wildman–Crippen LogP) is 15.7. The van der Waals surface area contributed by atoms with E-state index in [1.165, 1.54) is 77.5 Å². The minimum Gasteiger partial charge on any atom is -0.310 e. The average molecular weight is 764 g/mol. The van der Waals surface area contributed by atoms with Crippen LogP contribution in [0.15, 0.2) is 249 Å². The Kier molecular flexibility index (Phi) is 8.79. The molecule has 0 radical (unpaired) electrons. The molecule has 1 aliphatic rings. The van der Waals surface area contributed by atoms with Crippen molar-refractivity contribution < 1.29 is 0 Å². The molecule has 0 aromatic heterocycles. The van der Waals surface area contributed by atoms with Gasteiger partial charge in [0.25, 0.3) is 0 Å². The summed E-state index contributed by atoms with van der Waals surface area (Å²) in [6.07, 6.45) is 0. The third kappa shape index (κ3) is 5.86. The molecule has 60 heavy (non-hydrogen) atoms. The Hall–Kier alpha value is -7.74. The van der Waals surface area contributed by atoms with Gasteiger partial charge in [0.05, 0.1) is 11.1 Å². The lowest BCUT2D eigenvalue weighted by atomic mass is 9.68. The molecule has 0 bridgehead atoms. The topological polar surface area (TPSA) is 3.24 Å². The van der Waals surface area contributed by atoms with E-state index in [0.29, 0.717) is 0 Å². The van der Waals surface area contributed by atoms with Crippen molar-refractivity contribution in [3.8, 4) is 44.5 Å². The molecule has 0 atom stereocenters. The van der Waals surface area contributed by atoms with E-state index in [-0.39, 0.29) is 0 Å². The summed E-state index contributed by atoms with van der Waals surface area (Å²) in [7, 11) is 0. The maximum Gasteiger partial charge on any atom is 0.0714 e. The molecule has 0 saturated carbocycles. The molecule has 0 aliphatic heterocycles. The standard InChI is InChI=1S/C59H41N/c1-4-17-42(18-5-1)44-33-37-50(38-34-44)60(51-39-35-45(36-40-51)52-25-12-13-26-53(52)47-32-31-43-19-10-11-20-46(43)41-47)57-30-16-29-56-58(57)54-27-14-15-28-55(54)59(56,48-21-6-2-7-22-48)49-23-8-3-9-24-49/h1-41H. The fourth-order valence-electron chi connectivity index (χ4n) is 9.65. The van der Waals surface area contributed by atoms with Crippen LogP contribution >= 0.6 is 0 Å². The summed E-state index contributed by atoms with van der Waals surface area (Å²) in [6, 6.07) is 91.0. The lowest BCUT2D eigenvalue weighted by Gasteiger charge is -2.34. The highest BCUT2D eigenvalue weighted by Crippen LogP contribution is 2.59. The summed E-state index contributed by atoms with van der Waals surface area (Å²) in [5, 5.41) is 2.49. The molecule has 10 aromatic carbocycles. The highest BCUT2D eigenvalue weighted by molar-refractivity contribution is 5.98. The third-order valence-electron chi connectivity index (χ3n) is 12.4. The first-order valence-electron chi connectivity index (χ1n) is 20.8. The maximum absolute atomic E-state index is 2.45. The zero-order chi connectivity index (χ0) is 39.9. The van der Waals surface area contributed by atoms with Crippen molar-refractivity contribution in [1.29, 1.82) is 0 Å². The first kappa shape index (κ1) is 35.4. The fourth-order valence-corrected chi connectivity index (χ4v) is 9.65. The van der Waals surface area contributed by atoms with Gasteiger partial charge in [-0.05, 0) is 108 Å². The van der Waals surface area contributed by atoms with Gasteiger partial charge in [-0.3, -0.25) is 0 Å². The highest BCUT2D eigenvalue weighted by atomic mass is 15.1. The van der Waals surface area contributed by atoms with Crippen LogP contribution in [0.4, 0.5) is 17.1 Å². The molecular formula is C59H41N. The van der Waals surface area contributed by atoms with Gasteiger partial charge < -0.3 is 4.90 Å². The minimum atomic E-state index is -0.496. The Morgan fingerprint density at radius 1 is 0.283 bits per heavy atom. The molecule has 1 aliphatic carbocycles. The molecule has 0 spiro atoms. The summed E-state index contributed by atoms with van der Waals surface area (Å²) in [4.78, 5) is 2.45. The van der Waals surface area contributed by atoms with Gasteiger partial charge in [-0.2, -0.15) is 0 Å². The first-order valence-corrected chi connectivity index (χ1v) is 20.8. The van der Waals surface area contributed by atoms with Gasteiger partial charge in [-0.1, -0.05) is 212 Å². The van der Waals surface area contributed by atoms with Crippen LogP contribution in [0.2, 0.25) is 0 Å². The van der Waals surface area contributed by atoms with Gasteiger partial charge >= 0.3 is 0 Å². The van der Waals surface area contributed by atoms with Crippen LogP contribution in [0.1, 0.15) is 22.3 Å². The second-order valence-electron chi connectivity index (χ2n) is 15.6. The zero-order valence-corrected chi connectivity index (χ0v) is 33.1. The quantitative estimate of drug-likeness (QED) is 0.149. The van der Waals surface area contributed by atoms with E-state index in [0.717, 1.165) is 17.1 Å². The Morgan fingerprint density at radius 3 is 1.40 bits per heavy atom. The Balaban J connectivity index is 1.10. The summed E-state index contributed by atoms with van der Waals surface area (Å²) < 4.78 is 0. The molecule has 1 nitrogen and oxygen atoms in total. The number of anilines is 3. The number of hydrogen-bond acceptors (Lipinski definition) is 1. The molecule has 0 amide bonds. The molecule has 0 fully saturated rings. The van der Waals surface area contributed by atoms with E-state index in [2.05, 4.69) is 254 Å². The Labute approximate surface area is 352 Å². The van der Waals surface area contributed by atoms with Crippen molar-refractivity contribution in [1.82, 2.24) is 0 Å². The van der Waals surface area contributed by atoms with Gasteiger partial charge in [0, 0.05) is 16.9 Å². The van der Waals surface area contributed by atoms with Crippen LogP contribution in [-0.4, -0.2) is 0 Å². The van der Waals surface area contributed by atoms with E-state index >= 15 is 0 Å². The average Bonchev–Trinajstić information content (AvgIpc) is 3.64.